The van der Waals surface area contributed by atoms with Crippen LogP contribution in [0.1, 0.15) is 32.6 Å². The predicted octanol–water partition coefficient (Wildman–Crippen LogP) is 5.45. The number of hydrogen-bond acceptors (Lipinski definition) is 3. The molecule has 1 heterocycles. The van der Waals surface area contributed by atoms with Crippen molar-refractivity contribution in [3.05, 3.63) is 101 Å². The zero-order chi connectivity index (χ0) is 23.9. The van der Waals surface area contributed by atoms with Gasteiger partial charge < -0.3 is 10.3 Å². The smallest absolute Gasteiger partial charge is 0.261 e. The summed E-state index contributed by atoms with van der Waals surface area (Å²) < 4.78 is 28.3. The highest BCUT2D eigenvalue weighted by Crippen LogP contribution is 2.34. The first-order valence-corrected chi connectivity index (χ1v) is 12.6. The maximum atomic E-state index is 13.0. The zero-order valence-electron chi connectivity index (χ0n) is 19.0. The summed E-state index contributed by atoms with van der Waals surface area (Å²) in [5.74, 6) is -0.221. The number of H-pyrrole nitrogens is 1. The fourth-order valence-corrected chi connectivity index (χ4v) is 5.48. The summed E-state index contributed by atoms with van der Waals surface area (Å²) in [7, 11) is -3.75. The van der Waals surface area contributed by atoms with E-state index in [0.29, 0.717) is 16.9 Å². The number of anilines is 2. The minimum Gasteiger partial charge on any atom is -0.360 e. The van der Waals surface area contributed by atoms with Crippen LogP contribution in [0.25, 0.3) is 11.3 Å². The second kappa shape index (κ2) is 8.50. The van der Waals surface area contributed by atoms with Crippen LogP contribution in [0.3, 0.4) is 0 Å². The molecule has 0 bridgehead atoms. The molecule has 0 radical (unpaired) electrons. The molecule has 0 unspecified atom stereocenters. The Morgan fingerprint density at radius 3 is 2.50 bits per heavy atom. The molecule has 0 aliphatic heterocycles. The number of carbonyl (C=O) groups is 1. The van der Waals surface area contributed by atoms with E-state index >= 15 is 0 Å². The van der Waals surface area contributed by atoms with Crippen molar-refractivity contribution in [3.63, 3.8) is 0 Å². The Kier molecular flexibility index (Phi) is 5.49. The number of aromatic amines is 1. The van der Waals surface area contributed by atoms with Gasteiger partial charge in [0.15, 0.2) is 0 Å². The molecule has 6 nitrogen and oxygen atoms in total. The van der Waals surface area contributed by atoms with E-state index in [0.717, 1.165) is 40.8 Å². The SMILES string of the molecule is Cc1ccc(C)c(NS(=O)(=O)c2ccc(NC(=O)c3c[nH]c4c3CCc3ccccc3-4)cc2)c1. The lowest BCUT2D eigenvalue weighted by molar-refractivity contribution is 0.102. The first-order chi connectivity index (χ1) is 16.3. The van der Waals surface area contributed by atoms with Crippen LogP contribution in [0.15, 0.2) is 77.8 Å². The van der Waals surface area contributed by atoms with Crippen LogP contribution in [0.5, 0.6) is 0 Å². The number of hydrogen-bond donors (Lipinski definition) is 3. The van der Waals surface area contributed by atoms with Gasteiger partial charge in [-0.15, -0.1) is 0 Å². The van der Waals surface area contributed by atoms with Gasteiger partial charge in [-0.05, 0) is 79.3 Å². The molecule has 1 aliphatic carbocycles. The topological polar surface area (TPSA) is 91.1 Å². The van der Waals surface area contributed by atoms with Crippen molar-refractivity contribution < 1.29 is 13.2 Å². The molecule has 5 rings (SSSR count). The number of sulfonamides is 1. The van der Waals surface area contributed by atoms with Gasteiger partial charge in [0.05, 0.1) is 16.1 Å². The van der Waals surface area contributed by atoms with Crippen LogP contribution in [-0.4, -0.2) is 19.3 Å². The monoisotopic (exact) mass is 471 g/mol. The van der Waals surface area contributed by atoms with Gasteiger partial charge in [-0.25, -0.2) is 8.42 Å². The third-order valence-corrected chi connectivity index (χ3v) is 7.60. The van der Waals surface area contributed by atoms with E-state index in [4.69, 9.17) is 0 Å². The van der Waals surface area contributed by atoms with E-state index in [1.54, 1.807) is 24.4 Å². The summed E-state index contributed by atoms with van der Waals surface area (Å²) in [5, 5.41) is 2.89. The Hall–Kier alpha value is -3.84. The highest BCUT2D eigenvalue weighted by Gasteiger charge is 2.23. The molecular weight excluding hydrogens is 446 g/mol. The van der Waals surface area contributed by atoms with E-state index in [1.807, 2.05) is 38.1 Å². The number of amides is 1. The van der Waals surface area contributed by atoms with Gasteiger partial charge in [-0.1, -0.05) is 36.4 Å². The molecule has 172 valence electrons. The maximum absolute atomic E-state index is 13.0. The molecule has 1 aliphatic rings. The Balaban J connectivity index is 1.33. The lowest BCUT2D eigenvalue weighted by Gasteiger charge is -2.17. The largest absolute Gasteiger partial charge is 0.360 e. The van der Waals surface area contributed by atoms with Crippen molar-refractivity contribution in [2.24, 2.45) is 0 Å². The van der Waals surface area contributed by atoms with Gasteiger partial charge in [0.1, 0.15) is 0 Å². The molecular formula is C27H25N3O3S. The molecule has 3 N–H and O–H groups in total. The normalized spacial score (nSPS) is 12.5. The molecule has 0 saturated heterocycles. The van der Waals surface area contributed by atoms with Crippen molar-refractivity contribution in [2.45, 2.75) is 31.6 Å². The van der Waals surface area contributed by atoms with Crippen LogP contribution < -0.4 is 10.0 Å². The van der Waals surface area contributed by atoms with E-state index in [9.17, 15) is 13.2 Å². The molecule has 1 amide bonds. The third kappa shape index (κ3) is 4.10. The zero-order valence-corrected chi connectivity index (χ0v) is 19.8. The van der Waals surface area contributed by atoms with Crippen LogP contribution in [0, 0.1) is 13.8 Å². The average molecular weight is 472 g/mol. The molecule has 3 aromatic carbocycles. The van der Waals surface area contributed by atoms with Gasteiger partial charge in [0, 0.05) is 23.1 Å². The van der Waals surface area contributed by atoms with Gasteiger partial charge >= 0.3 is 0 Å². The van der Waals surface area contributed by atoms with E-state index in [1.165, 1.54) is 17.7 Å². The van der Waals surface area contributed by atoms with Crippen LogP contribution in [0.4, 0.5) is 11.4 Å². The summed E-state index contributed by atoms with van der Waals surface area (Å²) in [4.78, 5) is 16.4. The third-order valence-electron chi connectivity index (χ3n) is 6.22. The highest BCUT2D eigenvalue weighted by molar-refractivity contribution is 7.92. The van der Waals surface area contributed by atoms with E-state index in [2.05, 4.69) is 27.2 Å². The van der Waals surface area contributed by atoms with Crippen molar-refractivity contribution in [3.8, 4) is 11.3 Å². The lowest BCUT2D eigenvalue weighted by atomic mass is 9.88. The standard InChI is InChI=1S/C27H25N3O3S/c1-17-7-8-18(2)25(15-17)30-34(32,33)21-12-10-20(11-13-21)29-27(31)24-16-28-26-22-6-4-3-5-19(22)9-14-23(24)26/h3-8,10-13,15-16,28,30H,9,14H2,1-2H3,(H,29,31). The van der Waals surface area contributed by atoms with Crippen LogP contribution in [-0.2, 0) is 22.9 Å². The van der Waals surface area contributed by atoms with Gasteiger partial charge in [-0.3, -0.25) is 9.52 Å². The quantitative estimate of drug-likeness (QED) is 0.361. The van der Waals surface area contributed by atoms with Crippen molar-refractivity contribution in [2.75, 3.05) is 10.0 Å². The minimum atomic E-state index is -3.75. The predicted molar refractivity (Wildman–Crippen MR) is 135 cm³/mol. The van der Waals surface area contributed by atoms with Gasteiger partial charge in [0.25, 0.3) is 15.9 Å². The van der Waals surface area contributed by atoms with Crippen molar-refractivity contribution >= 4 is 27.3 Å². The minimum absolute atomic E-state index is 0.127. The van der Waals surface area contributed by atoms with Crippen molar-refractivity contribution in [1.29, 1.82) is 0 Å². The molecule has 7 heteroatoms. The van der Waals surface area contributed by atoms with E-state index < -0.39 is 10.0 Å². The second-order valence-electron chi connectivity index (χ2n) is 8.62. The fraction of sp³-hybridized carbons (Fsp3) is 0.148. The van der Waals surface area contributed by atoms with Gasteiger partial charge in [0.2, 0.25) is 0 Å². The lowest BCUT2D eigenvalue weighted by Crippen LogP contribution is -2.16. The Bertz CT molecular complexity index is 1500. The molecule has 0 atom stereocenters. The van der Waals surface area contributed by atoms with Crippen molar-refractivity contribution in [1.82, 2.24) is 4.98 Å². The first-order valence-electron chi connectivity index (χ1n) is 11.1. The number of aromatic nitrogens is 1. The number of rotatable bonds is 5. The summed E-state index contributed by atoms with van der Waals surface area (Å²) in [6, 6.07) is 20.0. The molecule has 0 saturated carbocycles. The first kappa shape index (κ1) is 22.0. The fourth-order valence-electron chi connectivity index (χ4n) is 4.36. The number of benzene rings is 3. The summed E-state index contributed by atoms with van der Waals surface area (Å²) in [6.07, 6.45) is 3.43. The number of nitrogens with one attached hydrogen (secondary N) is 3. The van der Waals surface area contributed by atoms with Crippen LogP contribution >= 0.6 is 0 Å². The van der Waals surface area contributed by atoms with Gasteiger partial charge in [-0.2, -0.15) is 0 Å². The Labute approximate surface area is 199 Å². The summed E-state index contributed by atoms with van der Waals surface area (Å²) in [5.41, 5.74) is 7.91. The molecule has 4 aromatic rings. The molecule has 0 spiro atoms. The number of aryl methyl sites for hydroxylation is 3. The van der Waals surface area contributed by atoms with E-state index in [-0.39, 0.29) is 10.8 Å². The molecule has 0 fully saturated rings. The number of carbonyl (C=O) groups excluding carboxylic acids is 1. The average Bonchev–Trinajstić information content (AvgIpc) is 3.26. The number of fused-ring (bicyclic) bond motifs is 3. The Morgan fingerprint density at radius 1 is 0.941 bits per heavy atom. The molecule has 1 aromatic heterocycles. The maximum Gasteiger partial charge on any atom is 0.261 e. The second-order valence-corrected chi connectivity index (χ2v) is 10.3. The summed E-state index contributed by atoms with van der Waals surface area (Å²) >= 11 is 0. The Morgan fingerprint density at radius 2 is 1.71 bits per heavy atom. The molecule has 34 heavy (non-hydrogen) atoms. The summed E-state index contributed by atoms with van der Waals surface area (Å²) in [6.45, 7) is 3.77. The van der Waals surface area contributed by atoms with Crippen LogP contribution in [0.2, 0.25) is 0 Å². The highest BCUT2D eigenvalue weighted by atomic mass is 32.2.